The standard InChI is InChI=1S/C13H15N5/c1-9-6-16-12(17-7-9)13-14-5-4-11(18-13)8-15-10-2-3-10/h4-7,10,15H,2-3,8H2,1H3. The third-order valence-corrected chi connectivity index (χ3v) is 2.84. The highest BCUT2D eigenvalue weighted by Gasteiger charge is 2.20. The van der Waals surface area contributed by atoms with E-state index in [2.05, 4.69) is 25.3 Å². The molecule has 1 N–H and O–H groups in total. The molecular formula is C13H15N5. The highest BCUT2D eigenvalue weighted by molar-refractivity contribution is 5.42. The number of hydrogen-bond donors (Lipinski definition) is 1. The summed E-state index contributed by atoms with van der Waals surface area (Å²) >= 11 is 0. The Bertz CT molecular complexity index is 533. The summed E-state index contributed by atoms with van der Waals surface area (Å²) in [4.78, 5) is 17.2. The molecule has 0 bridgehead atoms. The van der Waals surface area contributed by atoms with Crippen molar-refractivity contribution in [1.82, 2.24) is 25.3 Å². The van der Waals surface area contributed by atoms with Gasteiger partial charge in [-0.1, -0.05) is 0 Å². The molecule has 2 heterocycles. The van der Waals surface area contributed by atoms with E-state index in [1.807, 2.05) is 13.0 Å². The SMILES string of the molecule is Cc1cnc(-c2nccc(CNC3CC3)n2)nc1. The fraction of sp³-hybridized carbons (Fsp3) is 0.385. The van der Waals surface area contributed by atoms with Crippen LogP contribution < -0.4 is 5.32 Å². The summed E-state index contributed by atoms with van der Waals surface area (Å²) in [7, 11) is 0. The number of hydrogen-bond acceptors (Lipinski definition) is 5. The summed E-state index contributed by atoms with van der Waals surface area (Å²) in [6.45, 7) is 2.74. The monoisotopic (exact) mass is 241 g/mol. The van der Waals surface area contributed by atoms with Crippen LogP contribution in [0.4, 0.5) is 0 Å². The Morgan fingerprint density at radius 1 is 1.17 bits per heavy atom. The van der Waals surface area contributed by atoms with Crippen molar-refractivity contribution < 1.29 is 0 Å². The van der Waals surface area contributed by atoms with Gasteiger partial charge in [-0.3, -0.25) is 0 Å². The smallest absolute Gasteiger partial charge is 0.197 e. The third-order valence-electron chi connectivity index (χ3n) is 2.84. The van der Waals surface area contributed by atoms with E-state index in [1.54, 1.807) is 18.6 Å². The van der Waals surface area contributed by atoms with E-state index >= 15 is 0 Å². The lowest BCUT2D eigenvalue weighted by Crippen LogP contribution is -2.16. The van der Waals surface area contributed by atoms with E-state index in [-0.39, 0.29) is 0 Å². The van der Waals surface area contributed by atoms with Crippen LogP contribution >= 0.6 is 0 Å². The van der Waals surface area contributed by atoms with Gasteiger partial charge >= 0.3 is 0 Å². The van der Waals surface area contributed by atoms with Gasteiger partial charge in [-0.2, -0.15) is 0 Å². The Hall–Kier alpha value is -1.88. The van der Waals surface area contributed by atoms with Crippen LogP contribution in [0.2, 0.25) is 0 Å². The molecule has 0 amide bonds. The van der Waals surface area contributed by atoms with E-state index in [9.17, 15) is 0 Å². The molecule has 92 valence electrons. The van der Waals surface area contributed by atoms with Gasteiger partial charge in [0.1, 0.15) is 0 Å². The maximum absolute atomic E-state index is 4.47. The van der Waals surface area contributed by atoms with Crippen molar-refractivity contribution in [2.24, 2.45) is 0 Å². The van der Waals surface area contributed by atoms with Gasteiger partial charge in [0.05, 0.1) is 5.69 Å². The summed E-state index contributed by atoms with van der Waals surface area (Å²) in [5.74, 6) is 1.17. The van der Waals surface area contributed by atoms with Crippen molar-refractivity contribution in [3.05, 3.63) is 35.9 Å². The van der Waals surface area contributed by atoms with Crippen LogP contribution in [0.5, 0.6) is 0 Å². The van der Waals surface area contributed by atoms with Gasteiger partial charge in [0.15, 0.2) is 11.6 Å². The second kappa shape index (κ2) is 4.78. The largest absolute Gasteiger partial charge is 0.308 e. The number of nitrogens with zero attached hydrogens (tertiary/aromatic N) is 4. The van der Waals surface area contributed by atoms with Crippen molar-refractivity contribution in [1.29, 1.82) is 0 Å². The second-order valence-corrected chi connectivity index (χ2v) is 4.61. The number of aryl methyl sites for hydroxylation is 1. The first-order valence-electron chi connectivity index (χ1n) is 6.15. The molecule has 5 heteroatoms. The zero-order valence-electron chi connectivity index (χ0n) is 10.3. The van der Waals surface area contributed by atoms with Crippen LogP contribution in [-0.2, 0) is 6.54 Å². The second-order valence-electron chi connectivity index (χ2n) is 4.61. The first-order chi connectivity index (χ1) is 8.81. The van der Waals surface area contributed by atoms with E-state index in [0.29, 0.717) is 17.7 Å². The van der Waals surface area contributed by atoms with Crippen LogP contribution in [-0.4, -0.2) is 26.0 Å². The van der Waals surface area contributed by atoms with Gasteiger partial charge in [-0.15, -0.1) is 0 Å². The summed E-state index contributed by atoms with van der Waals surface area (Å²) in [6, 6.07) is 2.60. The van der Waals surface area contributed by atoms with Crippen molar-refractivity contribution in [2.45, 2.75) is 32.4 Å². The quantitative estimate of drug-likeness (QED) is 0.878. The predicted octanol–water partition coefficient (Wildman–Crippen LogP) is 1.49. The van der Waals surface area contributed by atoms with Crippen LogP contribution in [0.1, 0.15) is 24.1 Å². The first-order valence-corrected chi connectivity index (χ1v) is 6.15. The lowest BCUT2D eigenvalue weighted by Gasteiger charge is -2.04. The van der Waals surface area contributed by atoms with Gasteiger partial charge in [0.25, 0.3) is 0 Å². The summed E-state index contributed by atoms with van der Waals surface area (Å²) < 4.78 is 0. The maximum Gasteiger partial charge on any atom is 0.197 e. The third kappa shape index (κ3) is 2.68. The zero-order valence-corrected chi connectivity index (χ0v) is 10.3. The Balaban J connectivity index is 1.78. The summed E-state index contributed by atoms with van der Waals surface area (Å²) in [5, 5.41) is 3.43. The molecule has 0 radical (unpaired) electrons. The van der Waals surface area contributed by atoms with Gasteiger partial charge in [-0.25, -0.2) is 19.9 Å². The Labute approximate surface area is 106 Å². The summed E-state index contributed by atoms with van der Waals surface area (Å²) in [6.07, 6.45) is 7.87. The molecule has 1 aliphatic rings. The van der Waals surface area contributed by atoms with Crippen LogP contribution in [0.25, 0.3) is 11.6 Å². The number of rotatable bonds is 4. The molecule has 2 aromatic heterocycles. The van der Waals surface area contributed by atoms with Crippen LogP contribution in [0, 0.1) is 6.92 Å². The van der Waals surface area contributed by atoms with Gasteiger partial charge < -0.3 is 5.32 Å². The molecule has 0 aromatic carbocycles. The van der Waals surface area contributed by atoms with E-state index < -0.39 is 0 Å². The van der Waals surface area contributed by atoms with E-state index in [0.717, 1.165) is 17.8 Å². The average molecular weight is 241 g/mol. The molecule has 2 aromatic rings. The van der Waals surface area contributed by atoms with Crippen molar-refractivity contribution in [2.75, 3.05) is 0 Å². The fourth-order valence-corrected chi connectivity index (χ4v) is 1.65. The molecular weight excluding hydrogens is 226 g/mol. The molecule has 1 fully saturated rings. The lowest BCUT2D eigenvalue weighted by molar-refractivity contribution is 0.673. The Morgan fingerprint density at radius 2 is 1.94 bits per heavy atom. The highest BCUT2D eigenvalue weighted by Crippen LogP contribution is 2.19. The summed E-state index contributed by atoms with van der Waals surface area (Å²) in [5.41, 5.74) is 2.02. The van der Waals surface area contributed by atoms with E-state index in [4.69, 9.17) is 0 Å². The molecule has 3 rings (SSSR count). The topological polar surface area (TPSA) is 63.6 Å². The molecule has 5 nitrogen and oxygen atoms in total. The minimum atomic E-state index is 0.578. The minimum Gasteiger partial charge on any atom is -0.308 e. The lowest BCUT2D eigenvalue weighted by atomic mass is 10.3. The molecule has 0 atom stereocenters. The number of aromatic nitrogens is 4. The van der Waals surface area contributed by atoms with Crippen molar-refractivity contribution in [3.8, 4) is 11.6 Å². The molecule has 1 saturated carbocycles. The number of nitrogens with one attached hydrogen (secondary N) is 1. The predicted molar refractivity (Wildman–Crippen MR) is 67.7 cm³/mol. The highest BCUT2D eigenvalue weighted by atomic mass is 15.0. The molecule has 0 saturated heterocycles. The molecule has 1 aliphatic carbocycles. The van der Waals surface area contributed by atoms with Gasteiger partial charge in [0.2, 0.25) is 0 Å². The Morgan fingerprint density at radius 3 is 2.67 bits per heavy atom. The van der Waals surface area contributed by atoms with Crippen LogP contribution in [0.15, 0.2) is 24.7 Å². The van der Waals surface area contributed by atoms with Gasteiger partial charge in [-0.05, 0) is 31.4 Å². The van der Waals surface area contributed by atoms with E-state index in [1.165, 1.54) is 12.8 Å². The molecule has 0 aliphatic heterocycles. The first kappa shape index (κ1) is 11.2. The zero-order chi connectivity index (χ0) is 12.4. The minimum absolute atomic E-state index is 0.578. The fourth-order valence-electron chi connectivity index (χ4n) is 1.65. The van der Waals surface area contributed by atoms with Gasteiger partial charge in [0, 0.05) is 31.2 Å². The Kier molecular flexibility index (Phi) is 2.98. The molecule has 18 heavy (non-hydrogen) atoms. The average Bonchev–Trinajstić information content (AvgIpc) is 3.22. The molecule has 0 unspecified atom stereocenters. The van der Waals surface area contributed by atoms with Crippen LogP contribution in [0.3, 0.4) is 0 Å². The van der Waals surface area contributed by atoms with Crippen molar-refractivity contribution in [3.63, 3.8) is 0 Å². The normalized spacial score (nSPS) is 14.7. The molecule has 0 spiro atoms. The van der Waals surface area contributed by atoms with Crippen molar-refractivity contribution >= 4 is 0 Å². The maximum atomic E-state index is 4.47.